The van der Waals surface area contributed by atoms with Crippen LogP contribution in [0, 0.1) is 6.92 Å². The van der Waals surface area contributed by atoms with Crippen LogP contribution in [0.15, 0.2) is 41.3 Å². The number of rotatable bonds is 5. The van der Waals surface area contributed by atoms with Crippen LogP contribution in [0.3, 0.4) is 0 Å². The summed E-state index contributed by atoms with van der Waals surface area (Å²) in [5.74, 6) is 1.96. The van der Waals surface area contributed by atoms with Crippen LogP contribution < -0.4 is 9.64 Å². The van der Waals surface area contributed by atoms with Gasteiger partial charge in [0.1, 0.15) is 11.3 Å². The Balaban J connectivity index is 1.44. The molecule has 0 aliphatic carbocycles. The van der Waals surface area contributed by atoms with Crippen LogP contribution in [-0.4, -0.2) is 54.8 Å². The van der Waals surface area contributed by atoms with E-state index in [1.54, 1.807) is 30.2 Å². The van der Waals surface area contributed by atoms with Crippen molar-refractivity contribution in [1.82, 2.24) is 9.88 Å². The summed E-state index contributed by atoms with van der Waals surface area (Å²) in [5.41, 5.74) is 2.90. The highest BCUT2D eigenvalue weighted by molar-refractivity contribution is 7.99. The number of carbonyl (C=O) groups excluding carboxylic acids is 1. The maximum atomic E-state index is 12.9. The second-order valence-corrected chi connectivity index (χ2v) is 9.31. The molecule has 1 fully saturated rings. The van der Waals surface area contributed by atoms with Crippen LogP contribution in [0.1, 0.15) is 22.8 Å². The molecule has 0 N–H and O–H groups in total. The Kier molecular flexibility index (Phi) is 5.96. The molecule has 0 saturated carbocycles. The Hall–Kier alpha value is -2.25. The molecule has 0 unspecified atom stereocenters. The van der Waals surface area contributed by atoms with Crippen LogP contribution in [0.5, 0.6) is 5.75 Å². The summed E-state index contributed by atoms with van der Waals surface area (Å²) in [5, 5.41) is 1.00. The quantitative estimate of drug-likeness (QED) is 0.553. The first-order valence-corrected chi connectivity index (χ1v) is 11.6. The molecule has 3 aromatic rings. The van der Waals surface area contributed by atoms with Crippen molar-refractivity contribution < 1.29 is 9.53 Å². The van der Waals surface area contributed by atoms with Crippen molar-refractivity contribution >= 4 is 44.4 Å². The van der Waals surface area contributed by atoms with E-state index >= 15 is 0 Å². The number of piperazine rings is 1. The monoisotopic (exact) mass is 427 g/mol. The summed E-state index contributed by atoms with van der Waals surface area (Å²) >= 11 is 3.49. The minimum absolute atomic E-state index is 0.111. The predicted molar refractivity (Wildman–Crippen MR) is 122 cm³/mol. The van der Waals surface area contributed by atoms with Crippen molar-refractivity contribution in [3.05, 3.63) is 47.5 Å². The van der Waals surface area contributed by atoms with Crippen LogP contribution in [-0.2, 0) is 0 Å². The van der Waals surface area contributed by atoms with Gasteiger partial charge in [0, 0.05) is 36.6 Å². The summed E-state index contributed by atoms with van der Waals surface area (Å²) in [7, 11) is 1.68. The molecule has 1 aliphatic heterocycles. The van der Waals surface area contributed by atoms with E-state index in [-0.39, 0.29) is 5.91 Å². The molecule has 1 amide bonds. The molecule has 7 heteroatoms. The van der Waals surface area contributed by atoms with Gasteiger partial charge in [-0.25, -0.2) is 4.98 Å². The highest BCUT2D eigenvalue weighted by Gasteiger charge is 2.24. The molecule has 2 heterocycles. The van der Waals surface area contributed by atoms with Gasteiger partial charge in [-0.1, -0.05) is 24.3 Å². The van der Waals surface area contributed by atoms with E-state index in [2.05, 4.69) is 24.8 Å². The lowest BCUT2D eigenvalue weighted by Gasteiger charge is -2.34. The lowest BCUT2D eigenvalue weighted by Crippen LogP contribution is -2.48. The van der Waals surface area contributed by atoms with E-state index in [9.17, 15) is 4.79 Å². The minimum atomic E-state index is 0.111. The van der Waals surface area contributed by atoms with Crippen molar-refractivity contribution in [2.24, 2.45) is 0 Å². The molecule has 0 radical (unpaired) electrons. The van der Waals surface area contributed by atoms with Gasteiger partial charge in [0.05, 0.1) is 11.8 Å². The van der Waals surface area contributed by atoms with Gasteiger partial charge < -0.3 is 14.5 Å². The molecular weight excluding hydrogens is 402 g/mol. The molecule has 2 aromatic carbocycles. The number of thioether (sulfide) groups is 1. The number of methoxy groups -OCH3 is 1. The third-order valence-corrected chi connectivity index (χ3v) is 7.31. The highest BCUT2D eigenvalue weighted by atomic mass is 32.2. The van der Waals surface area contributed by atoms with Gasteiger partial charge in [-0.05, 0) is 48.6 Å². The fourth-order valence-electron chi connectivity index (χ4n) is 3.54. The zero-order valence-electron chi connectivity index (χ0n) is 17.0. The summed E-state index contributed by atoms with van der Waals surface area (Å²) in [6.45, 7) is 7.22. The average Bonchev–Trinajstić information content (AvgIpc) is 3.21. The number of nitrogens with zero attached hydrogens (tertiary/aromatic N) is 3. The van der Waals surface area contributed by atoms with Gasteiger partial charge in [0.2, 0.25) is 0 Å². The number of amides is 1. The number of anilines is 1. The standard InChI is InChI=1S/C22H25N3O2S2/c1-4-28-17-8-6-16(7-9-17)21(26)24-11-13-25(14-12-24)22-23-19-18(27-3)10-5-15(2)20(19)29-22/h5-10H,4,11-14H2,1-3H3. The predicted octanol–water partition coefficient (Wildman–Crippen LogP) is 4.69. The lowest BCUT2D eigenvalue weighted by molar-refractivity contribution is 0.0746. The summed E-state index contributed by atoms with van der Waals surface area (Å²) in [4.78, 5) is 23.1. The number of aromatic nitrogens is 1. The van der Waals surface area contributed by atoms with Crippen molar-refractivity contribution in [3.63, 3.8) is 0 Å². The fraction of sp³-hybridized carbons (Fsp3) is 0.364. The highest BCUT2D eigenvalue weighted by Crippen LogP contribution is 2.36. The second-order valence-electron chi connectivity index (χ2n) is 7.00. The van der Waals surface area contributed by atoms with Crippen LogP contribution >= 0.6 is 23.1 Å². The summed E-state index contributed by atoms with van der Waals surface area (Å²) in [6.07, 6.45) is 0. The van der Waals surface area contributed by atoms with E-state index in [4.69, 9.17) is 9.72 Å². The zero-order valence-corrected chi connectivity index (χ0v) is 18.6. The normalized spacial score (nSPS) is 14.4. The molecule has 0 bridgehead atoms. The molecule has 5 nitrogen and oxygen atoms in total. The molecule has 0 atom stereocenters. The Morgan fingerprint density at radius 2 is 1.86 bits per heavy atom. The van der Waals surface area contributed by atoms with Crippen molar-refractivity contribution in [2.45, 2.75) is 18.7 Å². The molecule has 0 spiro atoms. The fourth-order valence-corrected chi connectivity index (χ4v) is 5.31. The Labute approximate surface area is 179 Å². The Bertz CT molecular complexity index is 1010. The van der Waals surface area contributed by atoms with Gasteiger partial charge in [-0.3, -0.25) is 4.79 Å². The van der Waals surface area contributed by atoms with Crippen LogP contribution in [0.25, 0.3) is 10.2 Å². The van der Waals surface area contributed by atoms with E-state index in [1.807, 2.05) is 35.2 Å². The Morgan fingerprint density at radius 1 is 1.14 bits per heavy atom. The molecule has 29 heavy (non-hydrogen) atoms. The van der Waals surface area contributed by atoms with E-state index < -0.39 is 0 Å². The third kappa shape index (κ3) is 4.07. The summed E-state index contributed by atoms with van der Waals surface area (Å²) < 4.78 is 6.64. The van der Waals surface area contributed by atoms with Gasteiger partial charge in [-0.2, -0.15) is 0 Å². The number of carbonyl (C=O) groups is 1. The van der Waals surface area contributed by atoms with Gasteiger partial charge >= 0.3 is 0 Å². The molecular formula is C22H25N3O2S2. The Morgan fingerprint density at radius 3 is 2.52 bits per heavy atom. The van der Waals surface area contributed by atoms with Crippen molar-refractivity contribution in [3.8, 4) is 5.75 Å². The van der Waals surface area contributed by atoms with Gasteiger partial charge in [-0.15, -0.1) is 11.8 Å². The zero-order chi connectivity index (χ0) is 20.4. The molecule has 1 saturated heterocycles. The number of benzene rings is 2. The maximum absolute atomic E-state index is 12.9. The SMILES string of the molecule is CCSc1ccc(C(=O)N2CCN(c3nc4c(OC)ccc(C)c4s3)CC2)cc1. The lowest BCUT2D eigenvalue weighted by atomic mass is 10.2. The largest absolute Gasteiger partial charge is 0.494 e. The van der Waals surface area contributed by atoms with E-state index in [0.29, 0.717) is 13.1 Å². The number of thiazole rings is 1. The van der Waals surface area contributed by atoms with Gasteiger partial charge in [0.15, 0.2) is 5.13 Å². The number of hydrogen-bond donors (Lipinski definition) is 0. The topological polar surface area (TPSA) is 45.7 Å². The second kappa shape index (κ2) is 8.63. The molecule has 1 aliphatic rings. The molecule has 4 rings (SSSR count). The average molecular weight is 428 g/mol. The van der Waals surface area contributed by atoms with Gasteiger partial charge in [0.25, 0.3) is 5.91 Å². The third-order valence-electron chi connectivity index (χ3n) is 5.16. The molecule has 152 valence electrons. The summed E-state index contributed by atoms with van der Waals surface area (Å²) in [6, 6.07) is 12.0. The van der Waals surface area contributed by atoms with Crippen molar-refractivity contribution in [2.75, 3.05) is 43.9 Å². The van der Waals surface area contributed by atoms with Crippen LogP contribution in [0.4, 0.5) is 5.13 Å². The first-order valence-electron chi connectivity index (χ1n) is 9.82. The maximum Gasteiger partial charge on any atom is 0.253 e. The first-order chi connectivity index (χ1) is 14.1. The van der Waals surface area contributed by atoms with Crippen LogP contribution in [0.2, 0.25) is 0 Å². The number of aryl methyl sites for hydroxylation is 1. The number of ether oxygens (including phenoxy) is 1. The van der Waals surface area contributed by atoms with Crippen molar-refractivity contribution in [1.29, 1.82) is 0 Å². The van der Waals surface area contributed by atoms with E-state index in [1.165, 1.54) is 15.2 Å². The number of fused-ring (bicyclic) bond motifs is 1. The first kappa shape index (κ1) is 20.0. The minimum Gasteiger partial charge on any atom is -0.494 e. The number of hydrogen-bond acceptors (Lipinski definition) is 6. The molecule has 1 aromatic heterocycles. The van der Waals surface area contributed by atoms with E-state index in [0.717, 1.165) is 40.8 Å². The smallest absolute Gasteiger partial charge is 0.253 e.